The maximum Gasteiger partial charge on any atom is 0.271 e. The van der Waals surface area contributed by atoms with E-state index in [0.29, 0.717) is 18.7 Å². The van der Waals surface area contributed by atoms with E-state index in [1.807, 2.05) is 31.2 Å². The number of halogens is 1. The van der Waals surface area contributed by atoms with Crippen molar-refractivity contribution in [2.45, 2.75) is 25.8 Å². The molecule has 1 aromatic heterocycles. The first-order valence-corrected chi connectivity index (χ1v) is 8.15. The largest absolute Gasteiger partial charge is 0.497 e. The molecule has 0 aliphatic rings. The Morgan fingerprint density at radius 1 is 1.39 bits per heavy atom. The number of hydrogen-bond donors (Lipinski definition) is 2. The van der Waals surface area contributed by atoms with E-state index >= 15 is 0 Å². The second-order valence-corrected chi connectivity index (χ2v) is 5.82. The van der Waals surface area contributed by atoms with Gasteiger partial charge < -0.3 is 15.8 Å². The standard InChI is InChI=1S/C16H21N3O2S.ClH/c1-3-13(11-4-6-12(21-2)7-5-11)19-16(20)14-10-22-15(18-14)8-9-17;/h4-7,10,13H,3,8-9,17H2,1-2H3,(H,19,20);1H. The van der Waals surface area contributed by atoms with E-state index in [0.717, 1.165) is 22.7 Å². The Morgan fingerprint density at radius 2 is 2.09 bits per heavy atom. The third-order valence-corrected chi connectivity index (χ3v) is 4.28. The van der Waals surface area contributed by atoms with Gasteiger partial charge in [-0.3, -0.25) is 4.79 Å². The highest BCUT2D eigenvalue weighted by Crippen LogP contribution is 2.21. The molecule has 1 heterocycles. The number of nitrogens with one attached hydrogen (secondary N) is 1. The van der Waals surface area contributed by atoms with Gasteiger partial charge in [-0.05, 0) is 30.7 Å². The van der Waals surface area contributed by atoms with Crippen molar-refractivity contribution in [1.29, 1.82) is 0 Å². The van der Waals surface area contributed by atoms with Gasteiger partial charge in [0, 0.05) is 11.8 Å². The lowest BCUT2D eigenvalue weighted by Gasteiger charge is -2.17. The maximum atomic E-state index is 12.3. The Morgan fingerprint density at radius 3 is 2.65 bits per heavy atom. The van der Waals surface area contributed by atoms with Crippen molar-refractivity contribution < 1.29 is 9.53 Å². The van der Waals surface area contributed by atoms with Gasteiger partial charge in [-0.1, -0.05) is 19.1 Å². The summed E-state index contributed by atoms with van der Waals surface area (Å²) in [6, 6.07) is 7.68. The van der Waals surface area contributed by atoms with Crippen LogP contribution in [0.15, 0.2) is 29.6 Å². The molecule has 0 saturated carbocycles. The van der Waals surface area contributed by atoms with Crippen LogP contribution in [0.2, 0.25) is 0 Å². The molecule has 0 aliphatic heterocycles. The van der Waals surface area contributed by atoms with Crippen molar-refractivity contribution in [1.82, 2.24) is 10.3 Å². The average molecular weight is 356 g/mol. The molecule has 0 fully saturated rings. The first-order valence-electron chi connectivity index (χ1n) is 7.27. The molecule has 3 N–H and O–H groups in total. The molecule has 126 valence electrons. The number of methoxy groups -OCH3 is 1. The average Bonchev–Trinajstić information content (AvgIpc) is 3.02. The second-order valence-electron chi connectivity index (χ2n) is 4.87. The molecule has 0 radical (unpaired) electrons. The SMILES string of the molecule is CCC(NC(=O)c1csc(CCN)n1)c1ccc(OC)cc1.Cl. The van der Waals surface area contributed by atoms with Gasteiger partial charge >= 0.3 is 0 Å². The number of rotatable bonds is 7. The van der Waals surface area contributed by atoms with Gasteiger partial charge in [-0.25, -0.2) is 4.98 Å². The third-order valence-electron chi connectivity index (χ3n) is 3.37. The Bertz CT molecular complexity index is 616. The lowest BCUT2D eigenvalue weighted by molar-refractivity contribution is 0.0931. The van der Waals surface area contributed by atoms with Gasteiger partial charge in [0.25, 0.3) is 5.91 Å². The molecule has 2 rings (SSSR count). The minimum absolute atomic E-state index is 0. The minimum atomic E-state index is -0.151. The summed E-state index contributed by atoms with van der Waals surface area (Å²) in [5.74, 6) is 0.651. The van der Waals surface area contributed by atoms with Crippen molar-refractivity contribution in [3.63, 3.8) is 0 Å². The van der Waals surface area contributed by atoms with Crippen LogP contribution < -0.4 is 15.8 Å². The van der Waals surface area contributed by atoms with E-state index in [1.165, 1.54) is 11.3 Å². The zero-order valence-corrected chi connectivity index (χ0v) is 14.9. The molecule has 0 spiro atoms. The fraction of sp³-hybridized carbons (Fsp3) is 0.375. The minimum Gasteiger partial charge on any atom is -0.497 e. The topological polar surface area (TPSA) is 77.2 Å². The number of carbonyl (C=O) groups excluding carboxylic acids is 1. The molecule has 0 aliphatic carbocycles. The normalized spacial score (nSPS) is 11.4. The Balaban J connectivity index is 0.00000264. The Labute approximate surface area is 146 Å². The molecular formula is C16H22ClN3O2S. The summed E-state index contributed by atoms with van der Waals surface area (Å²) in [6.45, 7) is 2.58. The summed E-state index contributed by atoms with van der Waals surface area (Å²) in [4.78, 5) is 16.6. The van der Waals surface area contributed by atoms with Gasteiger partial charge in [0.15, 0.2) is 0 Å². The van der Waals surface area contributed by atoms with Crippen LogP contribution in [0, 0.1) is 0 Å². The van der Waals surface area contributed by atoms with E-state index in [2.05, 4.69) is 10.3 Å². The first-order chi connectivity index (χ1) is 10.7. The summed E-state index contributed by atoms with van der Waals surface area (Å²) >= 11 is 1.47. The molecule has 7 heteroatoms. The van der Waals surface area contributed by atoms with Gasteiger partial charge in [-0.15, -0.1) is 23.7 Å². The van der Waals surface area contributed by atoms with Crippen LogP contribution in [0.5, 0.6) is 5.75 Å². The molecule has 23 heavy (non-hydrogen) atoms. The number of thiazole rings is 1. The van der Waals surface area contributed by atoms with Crippen molar-refractivity contribution in [3.05, 3.63) is 45.9 Å². The van der Waals surface area contributed by atoms with Crippen molar-refractivity contribution in [2.24, 2.45) is 5.73 Å². The number of hydrogen-bond acceptors (Lipinski definition) is 5. The zero-order chi connectivity index (χ0) is 15.9. The van der Waals surface area contributed by atoms with E-state index in [4.69, 9.17) is 10.5 Å². The quantitative estimate of drug-likeness (QED) is 0.800. The summed E-state index contributed by atoms with van der Waals surface area (Å²) in [5, 5.41) is 5.70. The summed E-state index contributed by atoms with van der Waals surface area (Å²) in [7, 11) is 1.63. The molecule has 0 saturated heterocycles. The zero-order valence-electron chi connectivity index (χ0n) is 13.2. The van der Waals surface area contributed by atoms with E-state index in [1.54, 1.807) is 12.5 Å². The van der Waals surface area contributed by atoms with Crippen LogP contribution in [0.25, 0.3) is 0 Å². The van der Waals surface area contributed by atoms with E-state index in [9.17, 15) is 4.79 Å². The number of carbonyl (C=O) groups is 1. The molecule has 2 aromatic rings. The number of aromatic nitrogens is 1. The summed E-state index contributed by atoms with van der Waals surface area (Å²) < 4.78 is 5.15. The van der Waals surface area contributed by atoms with Crippen molar-refractivity contribution in [3.8, 4) is 5.75 Å². The van der Waals surface area contributed by atoms with E-state index in [-0.39, 0.29) is 24.4 Å². The molecule has 0 bridgehead atoms. The molecule has 1 unspecified atom stereocenters. The highest BCUT2D eigenvalue weighted by Gasteiger charge is 2.16. The van der Waals surface area contributed by atoms with Gasteiger partial charge in [0.1, 0.15) is 11.4 Å². The predicted molar refractivity (Wildman–Crippen MR) is 95.6 cm³/mol. The van der Waals surface area contributed by atoms with Gasteiger partial charge in [0.2, 0.25) is 0 Å². The van der Waals surface area contributed by atoms with Crippen LogP contribution in [0.1, 0.15) is 40.4 Å². The van der Waals surface area contributed by atoms with Crippen LogP contribution >= 0.6 is 23.7 Å². The molecule has 1 aromatic carbocycles. The lowest BCUT2D eigenvalue weighted by Crippen LogP contribution is -2.28. The highest BCUT2D eigenvalue weighted by molar-refractivity contribution is 7.09. The molecular weight excluding hydrogens is 334 g/mol. The van der Waals surface area contributed by atoms with E-state index < -0.39 is 0 Å². The van der Waals surface area contributed by atoms with Crippen LogP contribution in [0.3, 0.4) is 0 Å². The number of nitrogens with two attached hydrogens (primary N) is 1. The monoisotopic (exact) mass is 355 g/mol. The summed E-state index contributed by atoms with van der Waals surface area (Å²) in [6.07, 6.45) is 1.51. The van der Waals surface area contributed by atoms with Crippen LogP contribution in [-0.4, -0.2) is 24.5 Å². The fourth-order valence-corrected chi connectivity index (χ4v) is 2.94. The van der Waals surface area contributed by atoms with Crippen molar-refractivity contribution in [2.75, 3.05) is 13.7 Å². The molecule has 1 amide bonds. The van der Waals surface area contributed by atoms with Gasteiger partial charge in [0.05, 0.1) is 18.2 Å². The number of ether oxygens (including phenoxy) is 1. The second kappa shape index (κ2) is 9.50. The Kier molecular flexibility index (Phi) is 8.02. The van der Waals surface area contributed by atoms with Crippen LogP contribution in [0.4, 0.5) is 0 Å². The summed E-state index contributed by atoms with van der Waals surface area (Å²) in [5.41, 5.74) is 7.01. The highest BCUT2D eigenvalue weighted by atomic mass is 35.5. The predicted octanol–water partition coefficient (Wildman–Crippen LogP) is 2.96. The number of amides is 1. The van der Waals surface area contributed by atoms with Gasteiger partial charge in [-0.2, -0.15) is 0 Å². The maximum absolute atomic E-state index is 12.3. The smallest absolute Gasteiger partial charge is 0.271 e. The molecule has 5 nitrogen and oxygen atoms in total. The molecule has 1 atom stereocenters. The number of nitrogens with zero attached hydrogens (tertiary/aromatic N) is 1. The number of benzene rings is 1. The van der Waals surface area contributed by atoms with Crippen molar-refractivity contribution >= 4 is 29.7 Å². The Hall–Kier alpha value is -1.63. The lowest BCUT2D eigenvalue weighted by atomic mass is 10.0. The fourth-order valence-electron chi connectivity index (χ4n) is 2.14. The first kappa shape index (κ1) is 19.4. The third kappa shape index (κ3) is 5.20. The van der Waals surface area contributed by atoms with Crippen LogP contribution in [-0.2, 0) is 6.42 Å².